The van der Waals surface area contributed by atoms with Gasteiger partial charge in [-0.15, -0.1) is 11.3 Å². The summed E-state index contributed by atoms with van der Waals surface area (Å²) in [5.74, 6) is 0. The van der Waals surface area contributed by atoms with Gasteiger partial charge in [0.05, 0.1) is 26.8 Å². The third-order valence-electron chi connectivity index (χ3n) is 2.11. The van der Waals surface area contributed by atoms with Crippen molar-refractivity contribution in [2.75, 3.05) is 0 Å². The van der Waals surface area contributed by atoms with Crippen LogP contribution in [0.1, 0.15) is 18.6 Å². The summed E-state index contributed by atoms with van der Waals surface area (Å²) < 4.78 is 0.680. The molecule has 0 saturated heterocycles. The van der Waals surface area contributed by atoms with Gasteiger partial charge in [-0.3, -0.25) is 10.1 Å². The van der Waals surface area contributed by atoms with Gasteiger partial charge in [0.25, 0.3) is 5.69 Å². The predicted octanol–water partition coefficient (Wildman–Crippen LogP) is 2.26. The van der Waals surface area contributed by atoms with Crippen molar-refractivity contribution in [1.82, 2.24) is 4.98 Å². The lowest BCUT2D eigenvalue weighted by Crippen LogP contribution is -2.00. The highest BCUT2D eigenvalue weighted by atomic mass is 32.1. The molecule has 0 aliphatic carbocycles. The second kappa shape index (κ2) is 3.56. The van der Waals surface area contributed by atoms with Crippen LogP contribution in [0.5, 0.6) is 0 Å². The average molecular weight is 224 g/mol. The molecule has 2 heterocycles. The van der Waals surface area contributed by atoms with Gasteiger partial charge in [0, 0.05) is 0 Å². The molecule has 0 aromatic carbocycles. The van der Waals surface area contributed by atoms with Crippen molar-refractivity contribution in [3.63, 3.8) is 0 Å². The van der Waals surface area contributed by atoms with Crippen molar-refractivity contribution in [2.45, 2.75) is 13.0 Å². The molecule has 0 radical (unpaired) electrons. The molecule has 1 unspecified atom stereocenters. The normalized spacial score (nSPS) is 12.9. The molecule has 2 rings (SSSR count). The van der Waals surface area contributed by atoms with Crippen LogP contribution in [0.2, 0.25) is 0 Å². The Morgan fingerprint density at radius 3 is 3.00 bits per heavy atom. The van der Waals surface area contributed by atoms with Gasteiger partial charge in [-0.1, -0.05) is 0 Å². The number of aromatic nitrogens is 1. The Hall–Kier alpha value is -1.53. The third kappa shape index (κ3) is 1.57. The smallest absolute Gasteiger partial charge is 0.294 e. The summed E-state index contributed by atoms with van der Waals surface area (Å²) in [5.41, 5.74) is 0.904. The zero-order valence-corrected chi connectivity index (χ0v) is 8.69. The highest BCUT2D eigenvalue weighted by Gasteiger charge is 2.22. The van der Waals surface area contributed by atoms with E-state index in [-0.39, 0.29) is 5.69 Å². The van der Waals surface area contributed by atoms with E-state index in [2.05, 4.69) is 4.98 Å². The number of fused-ring (bicyclic) bond motifs is 1. The van der Waals surface area contributed by atoms with Crippen molar-refractivity contribution in [3.05, 3.63) is 33.3 Å². The van der Waals surface area contributed by atoms with Gasteiger partial charge >= 0.3 is 0 Å². The minimum absolute atomic E-state index is 0.125. The highest BCUT2D eigenvalue weighted by molar-refractivity contribution is 7.17. The SMILES string of the molecule is CC(O)c1c([N+](=O)[O-])cnc2ccsc12. The van der Waals surface area contributed by atoms with E-state index in [1.165, 1.54) is 24.5 Å². The Labute approximate surface area is 89.2 Å². The Bertz CT molecular complexity index is 521. The van der Waals surface area contributed by atoms with Crippen LogP contribution in [-0.2, 0) is 0 Å². The van der Waals surface area contributed by atoms with Crippen molar-refractivity contribution >= 4 is 27.2 Å². The van der Waals surface area contributed by atoms with E-state index in [1.54, 1.807) is 11.4 Å². The number of nitro groups is 1. The first-order valence-corrected chi connectivity index (χ1v) is 5.17. The quantitative estimate of drug-likeness (QED) is 0.627. The van der Waals surface area contributed by atoms with Crippen LogP contribution in [0.4, 0.5) is 5.69 Å². The van der Waals surface area contributed by atoms with Crippen LogP contribution in [0, 0.1) is 10.1 Å². The summed E-state index contributed by atoms with van der Waals surface area (Å²) in [6.45, 7) is 1.52. The van der Waals surface area contributed by atoms with E-state index in [9.17, 15) is 15.2 Å². The highest BCUT2D eigenvalue weighted by Crippen LogP contribution is 2.34. The number of aliphatic hydroxyl groups excluding tert-OH is 1. The largest absolute Gasteiger partial charge is 0.388 e. The zero-order chi connectivity index (χ0) is 11.0. The second-order valence-electron chi connectivity index (χ2n) is 3.13. The van der Waals surface area contributed by atoms with Crippen LogP contribution in [0.15, 0.2) is 17.6 Å². The standard InChI is InChI=1S/C9H8N2O3S/c1-5(12)8-7(11(13)14)4-10-6-2-3-15-9(6)8/h2-5,12H,1H3. The fraction of sp³-hybridized carbons (Fsp3) is 0.222. The van der Waals surface area contributed by atoms with Crippen molar-refractivity contribution in [2.24, 2.45) is 0 Å². The Morgan fingerprint density at radius 1 is 1.67 bits per heavy atom. The number of aliphatic hydroxyl groups is 1. The number of pyridine rings is 1. The number of nitrogens with zero attached hydrogens (tertiary/aromatic N) is 2. The molecule has 0 aliphatic heterocycles. The molecule has 2 aromatic heterocycles. The molecule has 2 aromatic rings. The van der Waals surface area contributed by atoms with Crippen molar-refractivity contribution in [1.29, 1.82) is 0 Å². The molecule has 0 fully saturated rings. The second-order valence-corrected chi connectivity index (χ2v) is 4.04. The van der Waals surface area contributed by atoms with Crippen LogP contribution < -0.4 is 0 Å². The topological polar surface area (TPSA) is 76.3 Å². The molecule has 0 amide bonds. The van der Waals surface area contributed by atoms with Crippen LogP contribution in [0.25, 0.3) is 10.2 Å². The summed E-state index contributed by atoms with van der Waals surface area (Å²) >= 11 is 1.35. The van der Waals surface area contributed by atoms with E-state index in [0.29, 0.717) is 15.8 Å². The molecule has 1 atom stereocenters. The van der Waals surface area contributed by atoms with Gasteiger partial charge < -0.3 is 5.11 Å². The maximum absolute atomic E-state index is 10.8. The number of hydrogen-bond acceptors (Lipinski definition) is 5. The monoisotopic (exact) mass is 224 g/mol. The first-order chi connectivity index (χ1) is 7.11. The summed E-state index contributed by atoms with van der Waals surface area (Å²) in [6.07, 6.45) is 0.325. The van der Waals surface area contributed by atoms with E-state index in [1.807, 2.05) is 0 Å². The molecule has 6 heteroatoms. The summed E-state index contributed by atoms with van der Waals surface area (Å²) in [6, 6.07) is 1.77. The van der Waals surface area contributed by atoms with Gasteiger partial charge in [0.15, 0.2) is 0 Å². The average Bonchev–Trinajstić information content (AvgIpc) is 2.62. The molecule has 15 heavy (non-hydrogen) atoms. The summed E-state index contributed by atoms with van der Waals surface area (Å²) in [4.78, 5) is 14.2. The van der Waals surface area contributed by atoms with E-state index >= 15 is 0 Å². The molecule has 0 aliphatic rings. The maximum Gasteiger partial charge on any atom is 0.294 e. The van der Waals surface area contributed by atoms with Gasteiger partial charge in [0.1, 0.15) is 6.20 Å². The number of thiophene rings is 1. The molecule has 78 valence electrons. The lowest BCUT2D eigenvalue weighted by Gasteiger charge is -2.06. The van der Waals surface area contributed by atoms with Crippen LogP contribution in [0.3, 0.4) is 0 Å². The van der Waals surface area contributed by atoms with Gasteiger partial charge in [-0.25, -0.2) is 4.98 Å². The first kappa shape index (κ1) is 10.0. The molecular formula is C9H8N2O3S. The minimum atomic E-state index is -0.866. The van der Waals surface area contributed by atoms with Crippen molar-refractivity contribution in [3.8, 4) is 0 Å². The molecule has 0 spiro atoms. The van der Waals surface area contributed by atoms with Gasteiger partial charge in [-0.2, -0.15) is 0 Å². The fourth-order valence-electron chi connectivity index (χ4n) is 1.47. The summed E-state index contributed by atoms with van der Waals surface area (Å²) in [7, 11) is 0. The Morgan fingerprint density at radius 2 is 2.40 bits per heavy atom. The van der Waals surface area contributed by atoms with Crippen LogP contribution >= 0.6 is 11.3 Å². The lowest BCUT2D eigenvalue weighted by atomic mass is 10.1. The number of rotatable bonds is 2. The molecule has 1 N–H and O–H groups in total. The first-order valence-electron chi connectivity index (χ1n) is 4.30. The maximum atomic E-state index is 10.8. The van der Waals surface area contributed by atoms with E-state index < -0.39 is 11.0 Å². The molecule has 0 bridgehead atoms. The van der Waals surface area contributed by atoms with Crippen LogP contribution in [-0.4, -0.2) is 15.0 Å². The van der Waals surface area contributed by atoms with E-state index in [4.69, 9.17) is 0 Å². The fourth-order valence-corrected chi connectivity index (χ4v) is 2.45. The summed E-state index contributed by atoms with van der Waals surface area (Å²) in [5, 5.41) is 22.1. The molecule has 0 saturated carbocycles. The predicted molar refractivity (Wildman–Crippen MR) is 56.9 cm³/mol. The Kier molecular flexibility index (Phi) is 2.37. The molecular weight excluding hydrogens is 216 g/mol. The van der Waals surface area contributed by atoms with Crippen molar-refractivity contribution < 1.29 is 10.0 Å². The van der Waals surface area contributed by atoms with Gasteiger partial charge in [-0.05, 0) is 18.4 Å². The molecule has 5 nitrogen and oxygen atoms in total. The van der Waals surface area contributed by atoms with E-state index in [0.717, 1.165) is 0 Å². The lowest BCUT2D eigenvalue weighted by molar-refractivity contribution is -0.386. The third-order valence-corrected chi connectivity index (χ3v) is 3.04. The zero-order valence-electron chi connectivity index (χ0n) is 7.88. The van der Waals surface area contributed by atoms with Gasteiger partial charge in [0.2, 0.25) is 0 Å². The minimum Gasteiger partial charge on any atom is -0.388 e. The Balaban J connectivity index is 2.81. The number of hydrogen-bond donors (Lipinski definition) is 1.